The van der Waals surface area contributed by atoms with Crippen molar-refractivity contribution in [3.63, 3.8) is 0 Å². The number of anilines is 4. The Labute approximate surface area is 161 Å². The van der Waals surface area contributed by atoms with Crippen LogP contribution in [0.4, 0.5) is 33.2 Å². The van der Waals surface area contributed by atoms with Crippen LogP contribution in [0.3, 0.4) is 0 Å². The van der Waals surface area contributed by atoms with Gasteiger partial charge in [0.15, 0.2) is 0 Å². The lowest BCUT2D eigenvalue weighted by atomic mass is 10.2. The van der Waals surface area contributed by atoms with Crippen molar-refractivity contribution in [1.29, 1.82) is 0 Å². The number of urea groups is 1. The van der Waals surface area contributed by atoms with Gasteiger partial charge in [0, 0.05) is 29.2 Å². The van der Waals surface area contributed by atoms with Crippen molar-refractivity contribution < 1.29 is 14.5 Å². The van der Waals surface area contributed by atoms with Gasteiger partial charge in [0.2, 0.25) is 0 Å². The normalized spacial score (nSPS) is 10.0. The van der Waals surface area contributed by atoms with Crippen molar-refractivity contribution in [1.82, 2.24) is 0 Å². The highest BCUT2D eigenvalue weighted by molar-refractivity contribution is 6.01. The van der Waals surface area contributed by atoms with E-state index in [0.717, 1.165) is 11.4 Å². The molecule has 0 aliphatic rings. The van der Waals surface area contributed by atoms with Crippen LogP contribution in [0.2, 0.25) is 0 Å². The summed E-state index contributed by atoms with van der Waals surface area (Å²) in [6.45, 7) is 0. The molecule has 0 radical (unpaired) electrons. The minimum atomic E-state index is -0.541. The Hall–Kier alpha value is -4.07. The van der Waals surface area contributed by atoms with Crippen LogP contribution in [-0.4, -0.2) is 18.1 Å². The van der Waals surface area contributed by atoms with Gasteiger partial charge in [-0.05, 0) is 42.5 Å². The molecular weight excluding hydrogens is 360 g/mol. The third-order valence-electron chi connectivity index (χ3n) is 3.85. The Balaban J connectivity index is 1.65. The zero-order chi connectivity index (χ0) is 19.9. The molecule has 0 unspecified atom stereocenters. The zero-order valence-corrected chi connectivity index (χ0v) is 15.0. The number of ether oxygens (including phenoxy) is 1. The number of amides is 2. The number of methoxy groups -OCH3 is 1. The second-order valence-corrected chi connectivity index (χ2v) is 5.79. The molecule has 3 N–H and O–H groups in total. The summed E-state index contributed by atoms with van der Waals surface area (Å²) in [5.41, 5.74) is 2.46. The van der Waals surface area contributed by atoms with Gasteiger partial charge in [-0.2, -0.15) is 0 Å². The summed E-state index contributed by atoms with van der Waals surface area (Å²) in [6, 6.07) is 20.3. The van der Waals surface area contributed by atoms with Gasteiger partial charge in [-0.25, -0.2) is 4.79 Å². The van der Waals surface area contributed by atoms with E-state index in [2.05, 4.69) is 16.0 Å². The maximum atomic E-state index is 12.2. The van der Waals surface area contributed by atoms with E-state index in [9.17, 15) is 14.9 Å². The summed E-state index contributed by atoms with van der Waals surface area (Å²) in [5.74, 6) is 0.322. The van der Waals surface area contributed by atoms with Gasteiger partial charge in [0.25, 0.3) is 5.69 Å². The molecule has 0 bridgehead atoms. The SMILES string of the molecule is COc1ccc([N+](=O)[O-])cc1NC(=O)Nc1ccc(Nc2ccccc2)cc1. The number of rotatable bonds is 6. The van der Waals surface area contributed by atoms with Gasteiger partial charge < -0.3 is 20.7 Å². The molecule has 142 valence electrons. The maximum Gasteiger partial charge on any atom is 0.323 e. The van der Waals surface area contributed by atoms with E-state index in [1.807, 2.05) is 42.5 Å². The minimum absolute atomic E-state index is 0.146. The molecule has 8 nitrogen and oxygen atoms in total. The molecule has 0 atom stereocenters. The van der Waals surface area contributed by atoms with Crippen LogP contribution in [0.1, 0.15) is 0 Å². The summed E-state index contributed by atoms with van der Waals surface area (Å²) in [4.78, 5) is 22.6. The Morgan fingerprint density at radius 3 is 2.18 bits per heavy atom. The van der Waals surface area contributed by atoms with Crippen molar-refractivity contribution in [2.45, 2.75) is 0 Å². The third kappa shape index (κ3) is 4.76. The molecule has 0 spiro atoms. The number of non-ortho nitro benzene ring substituents is 1. The first-order valence-electron chi connectivity index (χ1n) is 8.38. The number of para-hydroxylation sites is 1. The number of carbonyl (C=O) groups is 1. The number of nitro groups is 1. The number of nitro benzene ring substituents is 1. The molecule has 8 heteroatoms. The first kappa shape index (κ1) is 18.7. The molecule has 0 aliphatic heterocycles. The van der Waals surface area contributed by atoms with E-state index >= 15 is 0 Å². The molecule has 3 aromatic carbocycles. The molecule has 3 aromatic rings. The fourth-order valence-electron chi connectivity index (χ4n) is 2.52. The minimum Gasteiger partial charge on any atom is -0.495 e. The van der Waals surface area contributed by atoms with Crippen LogP contribution < -0.4 is 20.7 Å². The fourth-order valence-corrected chi connectivity index (χ4v) is 2.52. The summed E-state index contributed by atoms with van der Waals surface area (Å²) in [7, 11) is 1.42. The molecular formula is C20H18N4O4. The van der Waals surface area contributed by atoms with Crippen molar-refractivity contribution >= 4 is 34.5 Å². The zero-order valence-electron chi connectivity index (χ0n) is 15.0. The Bertz CT molecular complexity index is 975. The fraction of sp³-hybridized carbons (Fsp3) is 0.0500. The topological polar surface area (TPSA) is 106 Å². The summed E-state index contributed by atoms with van der Waals surface area (Å²) >= 11 is 0. The van der Waals surface area contributed by atoms with E-state index in [1.165, 1.54) is 25.3 Å². The molecule has 0 heterocycles. The van der Waals surface area contributed by atoms with Gasteiger partial charge in [-0.3, -0.25) is 10.1 Å². The van der Waals surface area contributed by atoms with Crippen molar-refractivity contribution in [3.05, 3.63) is 82.9 Å². The highest BCUT2D eigenvalue weighted by Gasteiger charge is 2.13. The van der Waals surface area contributed by atoms with Crippen LogP contribution in [-0.2, 0) is 0 Å². The van der Waals surface area contributed by atoms with Crippen molar-refractivity contribution in [2.24, 2.45) is 0 Å². The van der Waals surface area contributed by atoms with Gasteiger partial charge >= 0.3 is 6.03 Å². The molecule has 0 aliphatic carbocycles. The number of carbonyl (C=O) groups excluding carboxylic acids is 1. The van der Waals surface area contributed by atoms with Gasteiger partial charge in [0.1, 0.15) is 5.75 Å². The average Bonchev–Trinajstić information content (AvgIpc) is 2.70. The summed E-state index contributed by atoms with van der Waals surface area (Å²) < 4.78 is 5.13. The molecule has 0 saturated heterocycles. The van der Waals surface area contributed by atoms with Crippen LogP contribution in [0, 0.1) is 10.1 Å². The lowest BCUT2D eigenvalue weighted by Crippen LogP contribution is -2.19. The number of nitrogens with one attached hydrogen (secondary N) is 3. The molecule has 0 saturated carbocycles. The predicted molar refractivity (Wildman–Crippen MR) is 108 cm³/mol. The second kappa shape index (κ2) is 8.54. The lowest BCUT2D eigenvalue weighted by molar-refractivity contribution is -0.384. The second-order valence-electron chi connectivity index (χ2n) is 5.79. The largest absolute Gasteiger partial charge is 0.495 e. The molecule has 0 fully saturated rings. The standard InChI is InChI=1S/C20H18N4O4/c1-28-19-12-11-17(24(26)27)13-18(19)23-20(25)22-16-9-7-15(8-10-16)21-14-5-3-2-4-6-14/h2-13,21H,1H3,(H2,22,23,25). The smallest absolute Gasteiger partial charge is 0.323 e. The predicted octanol–water partition coefficient (Wildman–Crippen LogP) is 4.99. The Kier molecular flexibility index (Phi) is 5.71. The van der Waals surface area contributed by atoms with Crippen molar-refractivity contribution in [3.8, 4) is 5.75 Å². The quantitative estimate of drug-likeness (QED) is 0.414. The van der Waals surface area contributed by atoms with Gasteiger partial charge in [-0.15, -0.1) is 0 Å². The number of benzene rings is 3. The number of hydrogen-bond acceptors (Lipinski definition) is 5. The van der Waals surface area contributed by atoms with E-state index in [4.69, 9.17) is 4.74 Å². The molecule has 2 amide bonds. The highest BCUT2D eigenvalue weighted by Crippen LogP contribution is 2.29. The average molecular weight is 378 g/mol. The summed E-state index contributed by atoms with van der Waals surface area (Å²) in [5, 5.41) is 19.4. The molecule has 3 rings (SSSR count). The first-order valence-corrected chi connectivity index (χ1v) is 8.38. The number of hydrogen-bond donors (Lipinski definition) is 3. The van der Waals surface area contributed by atoms with Crippen LogP contribution in [0.25, 0.3) is 0 Å². The highest BCUT2D eigenvalue weighted by atomic mass is 16.6. The van der Waals surface area contributed by atoms with Crippen molar-refractivity contribution in [2.75, 3.05) is 23.1 Å². The molecule has 0 aromatic heterocycles. The van der Waals surface area contributed by atoms with Gasteiger partial charge in [0.05, 0.1) is 17.7 Å². The van der Waals surface area contributed by atoms with Crippen LogP contribution in [0.5, 0.6) is 5.75 Å². The number of nitrogens with zero attached hydrogens (tertiary/aromatic N) is 1. The maximum absolute atomic E-state index is 12.2. The molecule has 28 heavy (non-hydrogen) atoms. The van der Waals surface area contributed by atoms with Crippen LogP contribution >= 0.6 is 0 Å². The lowest BCUT2D eigenvalue weighted by Gasteiger charge is -2.12. The van der Waals surface area contributed by atoms with Gasteiger partial charge in [-0.1, -0.05) is 18.2 Å². The van der Waals surface area contributed by atoms with E-state index < -0.39 is 11.0 Å². The van der Waals surface area contributed by atoms with E-state index in [0.29, 0.717) is 11.4 Å². The first-order chi connectivity index (χ1) is 13.5. The van der Waals surface area contributed by atoms with E-state index in [1.54, 1.807) is 12.1 Å². The summed E-state index contributed by atoms with van der Waals surface area (Å²) in [6.07, 6.45) is 0. The Morgan fingerprint density at radius 2 is 1.54 bits per heavy atom. The van der Waals surface area contributed by atoms with E-state index in [-0.39, 0.29) is 11.4 Å². The van der Waals surface area contributed by atoms with Crippen LogP contribution in [0.15, 0.2) is 72.8 Å². The monoisotopic (exact) mass is 378 g/mol. The third-order valence-corrected chi connectivity index (χ3v) is 3.85. The Morgan fingerprint density at radius 1 is 0.893 bits per heavy atom.